The molecule has 1 fully saturated rings. The maximum absolute atomic E-state index is 13.3. The molecule has 1 aliphatic heterocycles. The number of benzene rings is 1. The van der Waals surface area contributed by atoms with Crippen LogP contribution < -0.4 is 11.1 Å². The molecule has 0 bridgehead atoms. The van der Waals surface area contributed by atoms with Gasteiger partial charge in [0.15, 0.2) is 0 Å². The third kappa shape index (κ3) is 4.74. The van der Waals surface area contributed by atoms with E-state index in [0.29, 0.717) is 18.7 Å². The first-order valence-corrected chi connectivity index (χ1v) is 6.54. The quantitative estimate of drug-likeness (QED) is 0.879. The average Bonchev–Trinajstić information content (AvgIpc) is 2.76. The van der Waals surface area contributed by atoms with Crippen molar-refractivity contribution in [2.24, 2.45) is 5.73 Å². The first-order chi connectivity index (χ1) is 9.04. The minimum absolute atomic E-state index is 0. The highest BCUT2D eigenvalue weighted by Crippen LogP contribution is 2.09. The lowest BCUT2D eigenvalue weighted by Crippen LogP contribution is -2.37. The van der Waals surface area contributed by atoms with Crippen LogP contribution in [0.2, 0.25) is 0 Å². The molecular formula is C14H21ClFN3O. The van der Waals surface area contributed by atoms with Crippen molar-refractivity contribution in [3.63, 3.8) is 0 Å². The molecule has 0 spiro atoms. The summed E-state index contributed by atoms with van der Waals surface area (Å²) in [4.78, 5) is 13.8. The second kappa shape index (κ2) is 7.57. The van der Waals surface area contributed by atoms with Gasteiger partial charge in [0.05, 0.1) is 6.54 Å². The van der Waals surface area contributed by atoms with Gasteiger partial charge < -0.3 is 11.1 Å². The highest BCUT2D eigenvalue weighted by atomic mass is 35.5. The van der Waals surface area contributed by atoms with Crippen LogP contribution in [0.5, 0.6) is 0 Å². The van der Waals surface area contributed by atoms with E-state index in [2.05, 4.69) is 5.32 Å². The molecule has 3 N–H and O–H groups in total. The van der Waals surface area contributed by atoms with E-state index >= 15 is 0 Å². The van der Waals surface area contributed by atoms with Crippen LogP contribution in [-0.2, 0) is 11.3 Å². The Bertz CT molecular complexity index is 470. The van der Waals surface area contributed by atoms with Crippen molar-refractivity contribution >= 4 is 18.3 Å². The number of nitrogens with zero attached hydrogens (tertiary/aromatic N) is 1. The van der Waals surface area contributed by atoms with Crippen molar-refractivity contribution in [3.05, 3.63) is 35.1 Å². The van der Waals surface area contributed by atoms with Gasteiger partial charge in [0.1, 0.15) is 5.82 Å². The predicted molar refractivity (Wildman–Crippen MR) is 79.3 cm³/mol. The first-order valence-electron chi connectivity index (χ1n) is 6.54. The summed E-state index contributed by atoms with van der Waals surface area (Å²) in [6, 6.07) is 5.18. The Morgan fingerprint density at radius 2 is 2.30 bits per heavy atom. The standard InChI is InChI=1S/C14H20FN3O.ClH/c1-10-2-3-11(6-13(10)15)7-17-14(19)9-18-5-4-12(16)8-18;/h2-3,6,12H,4-5,7-9,16H2,1H3,(H,17,19);1H/t12-;/m0./s1. The number of hydrogen-bond donors (Lipinski definition) is 2. The van der Waals surface area contributed by atoms with Gasteiger partial charge in [-0.05, 0) is 30.5 Å². The lowest BCUT2D eigenvalue weighted by atomic mass is 10.1. The van der Waals surface area contributed by atoms with Crippen molar-refractivity contribution in [1.82, 2.24) is 10.2 Å². The molecule has 2 rings (SSSR count). The molecule has 0 radical (unpaired) electrons. The Kier molecular flexibility index (Phi) is 6.39. The number of likely N-dealkylation sites (tertiary alicyclic amines) is 1. The summed E-state index contributed by atoms with van der Waals surface area (Å²) in [6.45, 7) is 4.08. The van der Waals surface area contributed by atoms with E-state index < -0.39 is 0 Å². The number of halogens is 2. The molecule has 4 nitrogen and oxygen atoms in total. The van der Waals surface area contributed by atoms with Crippen LogP contribution in [0.25, 0.3) is 0 Å². The number of nitrogens with one attached hydrogen (secondary N) is 1. The van der Waals surface area contributed by atoms with Crippen molar-refractivity contribution in [1.29, 1.82) is 0 Å². The number of hydrogen-bond acceptors (Lipinski definition) is 3. The average molecular weight is 302 g/mol. The van der Waals surface area contributed by atoms with Crippen LogP contribution in [0.3, 0.4) is 0 Å². The largest absolute Gasteiger partial charge is 0.351 e. The van der Waals surface area contributed by atoms with Gasteiger partial charge in [0.25, 0.3) is 0 Å². The number of carbonyl (C=O) groups excluding carboxylic acids is 1. The fourth-order valence-corrected chi connectivity index (χ4v) is 2.21. The fraction of sp³-hybridized carbons (Fsp3) is 0.500. The molecule has 0 saturated carbocycles. The molecule has 6 heteroatoms. The number of amides is 1. The van der Waals surface area contributed by atoms with E-state index in [-0.39, 0.29) is 30.2 Å². The van der Waals surface area contributed by atoms with Gasteiger partial charge >= 0.3 is 0 Å². The molecule has 1 heterocycles. The van der Waals surface area contributed by atoms with Crippen molar-refractivity contribution in [2.45, 2.75) is 25.9 Å². The van der Waals surface area contributed by atoms with Gasteiger partial charge in [-0.25, -0.2) is 4.39 Å². The van der Waals surface area contributed by atoms with Crippen LogP contribution in [-0.4, -0.2) is 36.5 Å². The molecular weight excluding hydrogens is 281 g/mol. The molecule has 1 aliphatic rings. The van der Waals surface area contributed by atoms with Gasteiger partial charge in [-0.15, -0.1) is 12.4 Å². The normalized spacial score (nSPS) is 18.6. The Balaban J connectivity index is 0.00000200. The Hall–Kier alpha value is -1.17. The zero-order chi connectivity index (χ0) is 13.8. The summed E-state index contributed by atoms with van der Waals surface area (Å²) in [7, 11) is 0. The second-order valence-corrected chi connectivity index (χ2v) is 5.14. The molecule has 1 aromatic carbocycles. The molecule has 0 aliphatic carbocycles. The summed E-state index contributed by atoms with van der Waals surface area (Å²) >= 11 is 0. The zero-order valence-corrected chi connectivity index (χ0v) is 12.4. The monoisotopic (exact) mass is 301 g/mol. The maximum Gasteiger partial charge on any atom is 0.234 e. The lowest BCUT2D eigenvalue weighted by molar-refractivity contribution is -0.122. The first kappa shape index (κ1) is 16.9. The van der Waals surface area contributed by atoms with Gasteiger partial charge in [-0.1, -0.05) is 12.1 Å². The molecule has 20 heavy (non-hydrogen) atoms. The van der Waals surface area contributed by atoms with E-state index in [9.17, 15) is 9.18 Å². The maximum atomic E-state index is 13.3. The number of carbonyl (C=O) groups is 1. The Morgan fingerprint density at radius 1 is 1.55 bits per heavy atom. The topological polar surface area (TPSA) is 58.4 Å². The summed E-state index contributed by atoms with van der Waals surface area (Å²) in [5.74, 6) is -0.285. The van der Waals surface area contributed by atoms with Crippen LogP contribution in [0, 0.1) is 12.7 Å². The minimum Gasteiger partial charge on any atom is -0.351 e. The molecule has 1 saturated heterocycles. The predicted octanol–water partition coefficient (Wildman–Crippen LogP) is 1.21. The van der Waals surface area contributed by atoms with Crippen molar-refractivity contribution < 1.29 is 9.18 Å². The summed E-state index contributed by atoms with van der Waals surface area (Å²) < 4.78 is 13.3. The molecule has 112 valence electrons. The fourth-order valence-electron chi connectivity index (χ4n) is 2.21. The van der Waals surface area contributed by atoms with E-state index in [4.69, 9.17) is 5.73 Å². The smallest absolute Gasteiger partial charge is 0.234 e. The summed E-state index contributed by atoms with van der Waals surface area (Å²) in [5, 5.41) is 2.80. The number of nitrogens with two attached hydrogens (primary N) is 1. The molecule has 0 aromatic heterocycles. The van der Waals surface area contributed by atoms with E-state index in [1.54, 1.807) is 13.0 Å². The van der Waals surface area contributed by atoms with Crippen molar-refractivity contribution in [3.8, 4) is 0 Å². The van der Waals surface area contributed by atoms with Gasteiger partial charge in [-0.2, -0.15) is 0 Å². The highest BCUT2D eigenvalue weighted by Gasteiger charge is 2.20. The van der Waals surface area contributed by atoms with Gasteiger partial charge in [0.2, 0.25) is 5.91 Å². The zero-order valence-electron chi connectivity index (χ0n) is 11.6. The van der Waals surface area contributed by atoms with E-state index in [0.717, 1.165) is 25.1 Å². The van der Waals surface area contributed by atoms with Gasteiger partial charge in [0, 0.05) is 25.7 Å². The third-order valence-corrected chi connectivity index (χ3v) is 3.40. The van der Waals surface area contributed by atoms with Gasteiger partial charge in [-0.3, -0.25) is 9.69 Å². The van der Waals surface area contributed by atoms with Crippen LogP contribution >= 0.6 is 12.4 Å². The second-order valence-electron chi connectivity index (χ2n) is 5.14. The minimum atomic E-state index is -0.239. The van der Waals surface area contributed by atoms with Crippen LogP contribution in [0.15, 0.2) is 18.2 Å². The van der Waals surface area contributed by atoms with Crippen LogP contribution in [0.1, 0.15) is 17.5 Å². The Morgan fingerprint density at radius 3 is 2.90 bits per heavy atom. The van der Waals surface area contributed by atoms with E-state index in [1.165, 1.54) is 6.07 Å². The summed E-state index contributed by atoms with van der Waals surface area (Å²) in [5.41, 5.74) is 7.17. The highest BCUT2D eigenvalue weighted by molar-refractivity contribution is 5.85. The third-order valence-electron chi connectivity index (χ3n) is 3.40. The van der Waals surface area contributed by atoms with Crippen LogP contribution in [0.4, 0.5) is 4.39 Å². The molecule has 1 atom stereocenters. The van der Waals surface area contributed by atoms with Crippen molar-refractivity contribution in [2.75, 3.05) is 19.6 Å². The lowest BCUT2D eigenvalue weighted by Gasteiger charge is -2.14. The summed E-state index contributed by atoms with van der Waals surface area (Å²) in [6.07, 6.45) is 0.941. The molecule has 0 unspecified atom stereocenters. The number of aryl methyl sites for hydroxylation is 1. The molecule has 1 amide bonds. The van der Waals surface area contributed by atoms with E-state index in [1.807, 2.05) is 11.0 Å². The Labute approximate surface area is 124 Å². The SMILES string of the molecule is Cc1ccc(CNC(=O)CN2CC[C@H](N)C2)cc1F.Cl. The molecule has 1 aromatic rings. The number of rotatable bonds is 4.